The number of benzene rings is 1. The molecule has 0 spiro atoms. The standard InChI is InChI=1S/C15H20O3/c1-15(2)6-5-10-7-11(9-16)13(17-3)8-12(10)14(15)18-4/h7-9,14H,5-6H2,1-4H3. The zero-order valence-corrected chi connectivity index (χ0v) is 11.4. The Morgan fingerprint density at radius 3 is 2.61 bits per heavy atom. The molecule has 3 heteroatoms. The summed E-state index contributed by atoms with van der Waals surface area (Å²) in [7, 11) is 3.33. The third-order valence-electron chi connectivity index (χ3n) is 3.89. The van der Waals surface area contributed by atoms with E-state index in [1.807, 2.05) is 12.1 Å². The minimum atomic E-state index is 0.0517. The van der Waals surface area contributed by atoms with Gasteiger partial charge in [0.15, 0.2) is 6.29 Å². The van der Waals surface area contributed by atoms with Crippen molar-refractivity contribution in [2.24, 2.45) is 5.41 Å². The van der Waals surface area contributed by atoms with Crippen LogP contribution in [0, 0.1) is 5.41 Å². The maximum absolute atomic E-state index is 11.0. The number of ether oxygens (including phenoxy) is 2. The smallest absolute Gasteiger partial charge is 0.153 e. The molecule has 0 heterocycles. The van der Waals surface area contributed by atoms with E-state index in [-0.39, 0.29) is 11.5 Å². The molecule has 0 aliphatic heterocycles. The number of hydrogen-bond donors (Lipinski definition) is 0. The molecule has 98 valence electrons. The van der Waals surface area contributed by atoms with Crippen molar-refractivity contribution >= 4 is 6.29 Å². The first-order chi connectivity index (χ1) is 8.53. The summed E-state index contributed by atoms with van der Waals surface area (Å²) in [6.07, 6.45) is 2.94. The van der Waals surface area contributed by atoms with Gasteiger partial charge in [-0.25, -0.2) is 0 Å². The number of carbonyl (C=O) groups excluding carboxylic acids is 1. The summed E-state index contributed by atoms with van der Waals surface area (Å²) in [5.74, 6) is 0.628. The van der Waals surface area contributed by atoms with Crippen LogP contribution in [-0.4, -0.2) is 20.5 Å². The van der Waals surface area contributed by atoms with Crippen LogP contribution in [0.2, 0.25) is 0 Å². The summed E-state index contributed by atoms with van der Waals surface area (Å²) in [5.41, 5.74) is 3.07. The molecule has 1 unspecified atom stereocenters. The second-order valence-electron chi connectivity index (χ2n) is 5.52. The van der Waals surface area contributed by atoms with E-state index in [1.165, 1.54) is 5.56 Å². The van der Waals surface area contributed by atoms with Crippen LogP contribution >= 0.6 is 0 Å². The summed E-state index contributed by atoms with van der Waals surface area (Å²) in [6, 6.07) is 3.89. The summed E-state index contributed by atoms with van der Waals surface area (Å²) < 4.78 is 10.9. The number of methoxy groups -OCH3 is 2. The van der Waals surface area contributed by atoms with E-state index in [1.54, 1.807) is 14.2 Å². The molecular weight excluding hydrogens is 228 g/mol. The van der Waals surface area contributed by atoms with Crippen molar-refractivity contribution in [1.29, 1.82) is 0 Å². The fourth-order valence-electron chi connectivity index (χ4n) is 2.84. The van der Waals surface area contributed by atoms with Gasteiger partial charge in [0, 0.05) is 7.11 Å². The Kier molecular flexibility index (Phi) is 3.44. The Morgan fingerprint density at radius 2 is 2.06 bits per heavy atom. The van der Waals surface area contributed by atoms with Crippen LogP contribution < -0.4 is 4.74 Å². The van der Waals surface area contributed by atoms with Gasteiger partial charge in [0.2, 0.25) is 0 Å². The van der Waals surface area contributed by atoms with E-state index in [9.17, 15) is 4.79 Å². The van der Waals surface area contributed by atoms with Gasteiger partial charge in [-0.3, -0.25) is 4.79 Å². The summed E-state index contributed by atoms with van der Waals surface area (Å²) in [4.78, 5) is 11.0. The lowest BCUT2D eigenvalue weighted by Crippen LogP contribution is -2.29. The van der Waals surface area contributed by atoms with Gasteiger partial charge < -0.3 is 9.47 Å². The molecule has 1 aromatic carbocycles. The second kappa shape index (κ2) is 4.73. The van der Waals surface area contributed by atoms with Crippen molar-refractivity contribution in [3.8, 4) is 5.75 Å². The molecule has 0 saturated heterocycles. The summed E-state index contributed by atoms with van der Waals surface area (Å²) in [5, 5.41) is 0. The van der Waals surface area contributed by atoms with E-state index >= 15 is 0 Å². The van der Waals surface area contributed by atoms with Gasteiger partial charge in [-0.15, -0.1) is 0 Å². The van der Waals surface area contributed by atoms with E-state index in [0.29, 0.717) is 11.3 Å². The highest BCUT2D eigenvalue weighted by molar-refractivity contribution is 5.80. The molecule has 0 aromatic heterocycles. The van der Waals surface area contributed by atoms with Crippen LogP contribution in [0.1, 0.15) is 47.9 Å². The van der Waals surface area contributed by atoms with Gasteiger partial charge in [0.05, 0.1) is 18.8 Å². The van der Waals surface area contributed by atoms with Crippen LogP contribution in [0.5, 0.6) is 5.75 Å². The van der Waals surface area contributed by atoms with Gasteiger partial charge in [-0.2, -0.15) is 0 Å². The predicted octanol–water partition coefficient (Wildman–Crippen LogP) is 3.17. The van der Waals surface area contributed by atoms with Crippen LogP contribution in [0.25, 0.3) is 0 Å². The molecule has 18 heavy (non-hydrogen) atoms. The molecule has 0 amide bonds. The Hall–Kier alpha value is -1.35. The number of aldehydes is 1. The molecule has 3 nitrogen and oxygen atoms in total. The van der Waals surface area contributed by atoms with Crippen molar-refractivity contribution in [2.45, 2.75) is 32.8 Å². The molecule has 2 rings (SSSR count). The highest BCUT2D eigenvalue weighted by Gasteiger charge is 2.36. The quantitative estimate of drug-likeness (QED) is 0.771. The van der Waals surface area contributed by atoms with E-state index in [2.05, 4.69) is 13.8 Å². The van der Waals surface area contributed by atoms with Crippen LogP contribution in [0.15, 0.2) is 12.1 Å². The molecule has 0 radical (unpaired) electrons. The van der Waals surface area contributed by atoms with Gasteiger partial charge in [-0.1, -0.05) is 13.8 Å². The third-order valence-corrected chi connectivity index (χ3v) is 3.89. The van der Waals surface area contributed by atoms with E-state index in [4.69, 9.17) is 9.47 Å². The molecule has 0 N–H and O–H groups in total. The first-order valence-corrected chi connectivity index (χ1v) is 6.22. The second-order valence-corrected chi connectivity index (χ2v) is 5.52. The molecule has 1 aliphatic carbocycles. The SMILES string of the molecule is COc1cc2c(cc1C=O)CCC(C)(C)C2OC. The van der Waals surface area contributed by atoms with Crippen LogP contribution in [0.3, 0.4) is 0 Å². The van der Waals surface area contributed by atoms with Crippen molar-refractivity contribution < 1.29 is 14.3 Å². The average molecular weight is 248 g/mol. The lowest BCUT2D eigenvalue weighted by molar-refractivity contribution is -0.00717. The topological polar surface area (TPSA) is 35.5 Å². The fraction of sp³-hybridized carbons (Fsp3) is 0.533. The van der Waals surface area contributed by atoms with Crippen LogP contribution in [-0.2, 0) is 11.2 Å². The largest absolute Gasteiger partial charge is 0.496 e. The number of aryl methyl sites for hydroxylation is 1. The first kappa shape index (κ1) is 13.1. The Morgan fingerprint density at radius 1 is 1.33 bits per heavy atom. The lowest BCUT2D eigenvalue weighted by Gasteiger charge is -2.39. The molecule has 0 bridgehead atoms. The molecule has 1 aliphatic rings. The zero-order valence-electron chi connectivity index (χ0n) is 11.4. The minimum Gasteiger partial charge on any atom is -0.496 e. The maximum atomic E-state index is 11.0. The van der Waals surface area contributed by atoms with Crippen molar-refractivity contribution in [2.75, 3.05) is 14.2 Å². The highest BCUT2D eigenvalue weighted by atomic mass is 16.5. The van der Waals surface area contributed by atoms with Gasteiger partial charge >= 0.3 is 0 Å². The third kappa shape index (κ3) is 2.03. The number of rotatable bonds is 3. The Bertz CT molecular complexity index is 463. The zero-order chi connectivity index (χ0) is 13.3. The Balaban J connectivity index is 2.56. The van der Waals surface area contributed by atoms with Gasteiger partial charge in [0.25, 0.3) is 0 Å². The van der Waals surface area contributed by atoms with E-state index < -0.39 is 0 Å². The lowest BCUT2D eigenvalue weighted by atomic mass is 9.71. The molecule has 1 aromatic rings. The minimum absolute atomic E-state index is 0.0517. The van der Waals surface area contributed by atoms with Gasteiger partial charge in [0.1, 0.15) is 5.75 Å². The summed E-state index contributed by atoms with van der Waals surface area (Å²) >= 11 is 0. The normalized spacial score (nSPS) is 21.2. The van der Waals surface area contributed by atoms with Crippen LogP contribution in [0.4, 0.5) is 0 Å². The van der Waals surface area contributed by atoms with E-state index in [0.717, 1.165) is 24.7 Å². The number of fused-ring (bicyclic) bond motifs is 1. The number of carbonyl (C=O) groups is 1. The molecular formula is C15H20O3. The predicted molar refractivity (Wildman–Crippen MR) is 70.2 cm³/mol. The van der Waals surface area contributed by atoms with Crippen molar-refractivity contribution in [1.82, 2.24) is 0 Å². The van der Waals surface area contributed by atoms with Gasteiger partial charge in [-0.05, 0) is 41.5 Å². The Labute approximate surface area is 108 Å². The van der Waals surface area contributed by atoms with Crippen molar-refractivity contribution in [3.05, 3.63) is 28.8 Å². The highest BCUT2D eigenvalue weighted by Crippen LogP contribution is 2.46. The maximum Gasteiger partial charge on any atom is 0.153 e. The average Bonchev–Trinajstić information content (AvgIpc) is 2.36. The molecule has 0 fully saturated rings. The first-order valence-electron chi connectivity index (χ1n) is 6.22. The fourth-order valence-corrected chi connectivity index (χ4v) is 2.84. The number of hydrogen-bond acceptors (Lipinski definition) is 3. The van der Waals surface area contributed by atoms with Crippen molar-refractivity contribution in [3.63, 3.8) is 0 Å². The molecule has 0 saturated carbocycles. The molecule has 1 atom stereocenters. The summed E-state index contributed by atoms with van der Waals surface area (Å²) in [6.45, 7) is 4.43. The monoisotopic (exact) mass is 248 g/mol.